The number of piperidine rings is 1. The van der Waals surface area contributed by atoms with Crippen molar-refractivity contribution in [1.29, 1.82) is 0 Å². The van der Waals surface area contributed by atoms with E-state index in [4.69, 9.17) is 4.74 Å². The summed E-state index contributed by atoms with van der Waals surface area (Å²) in [5.74, 6) is 0.551. The van der Waals surface area contributed by atoms with Gasteiger partial charge in [0.1, 0.15) is 5.60 Å². The highest BCUT2D eigenvalue weighted by atomic mass is 32.1. The van der Waals surface area contributed by atoms with Gasteiger partial charge in [-0.1, -0.05) is 0 Å². The lowest BCUT2D eigenvalue weighted by Crippen LogP contribution is -2.49. The molecule has 0 unspecified atom stereocenters. The maximum absolute atomic E-state index is 9.39. The normalized spacial score (nSPS) is 25.2. The second kappa shape index (κ2) is 7.95. The lowest BCUT2D eigenvalue weighted by molar-refractivity contribution is -0.110. The number of aliphatic hydroxyl groups is 1. The van der Waals surface area contributed by atoms with E-state index in [1.54, 1.807) is 0 Å². The molecule has 0 aliphatic carbocycles. The lowest BCUT2D eigenvalue weighted by Gasteiger charge is -2.47. The zero-order chi connectivity index (χ0) is 20.6. The first-order chi connectivity index (χ1) is 13.8. The molecule has 2 N–H and O–H groups in total. The zero-order valence-electron chi connectivity index (χ0n) is 17.9. The minimum Gasteiger partial charge on any atom is -0.394 e. The van der Waals surface area contributed by atoms with Crippen molar-refractivity contribution in [1.82, 2.24) is 14.9 Å². The van der Waals surface area contributed by atoms with Gasteiger partial charge < -0.3 is 15.2 Å². The third-order valence-corrected chi connectivity index (χ3v) is 7.36. The Bertz CT molecular complexity index is 851. The van der Waals surface area contributed by atoms with Crippen LogP contribution >= 0.6 is 11.3 Å². The van der Waals surface area contributed by atoms with Gasteiger partial charge in [0, 0.05) is 46.8 Å². The lowest BCUT2D eigenvalue weighted by atomic mass is 9.82. The molecule has 29 heavy (non-hydrogen) atoms. The second-order valence-corrected chi connectivity index (χ2v) is 10.4. The molecule has 0 bridgehead atoms. The Morgan fingerprint density at radius 1 is 1.38 bits per heavy atom. The number of fused-ring (bicyclic) bond motifs is 2. The van der Waals surface area contributed by atoms with Gasteiger partial charge in [-0.25, -0.2) is 9.97 Å². The average molecular weight is 417 g/mol. The summed E-state index contributed by atoms with van der Waals surface area (Å²) in [6, 6.07) is 2.79. The highest BCUT2D eigenvalue weighted by Crippen LogP contribution is 2.47. The van der Waals surface area contributed by atoms with E-state index in [-0.39, 0.29) is 12.2 Å². The average Bonchev–Trinajstić information content (AvgIpc) is 3.07. The number of nitrogens with zero attached hydrogens (tertiary/aromatic N) is 3. The number of aliphatic hydroxyl groups excluding tert-OH is 1. The Kier molecular flexibility index (Phi) is 5.68. The molecule has 0 saturated carbocycles. The number of thiophene rings is 1. The fraction of sp³-hybridized carbons (Fsp3) is 0.636. The van der Waals surface area contributed by atoms with E-state index in [9.17, 15) is 5.11 Å². The second-order valence-electron chi connectivity index (χ2n) is 9.16. The van der Waals surface area contributed by atoms with Crippen molar-refractivity contribution in [2.45, 2.75) is 70.7 Å². The number of aryl methyl sites for hydroxylation is 1. The van der Waals surface area contributed by atoms with Crippen LogP contribution in [0, 0.1) is 6.92 Å². The molecule has 4 rings (SSSR count). The van der Waals surface area contributed by atoms with E-state index in [0.717, 1.165) is 44.5 Å². The highest BCUT2D eigenvalue weighted by molar-refractivity contribution is 7.12. The maximum Gasteiger partial charge on any atom is 0.223 e. The number of ether oxygens (including phenoxy) is 1. The van der Waals surface area contributed by atoms with E-state index < -0.39 is 5.54 Å². The molecule has 2 aliphatic rings. The maximum atomic E-state index is 9.39. The summed E-state index contributed by atoms with van der Waals surface area (Å²) in [4.78, 5) is 14.2. The molecule has 4 heterocycles. The van der Waals surface area contributed by atoms with Crippen LogP contribution in [0.2, 0.25) is 0 Å². The number of nitrogens with one attached hydrogen (secondary N) is 1. The predicted molar refractivity (Wildman–Crippen MR) is 116 cm³/mol. The molecular weight excluding hydrogens is 384 g/mol. The van der Waals surface area contributed by atoms with Crippen molar-refractivity contribution in [3.8, 4) is 0 Å². The standard InChI is InChI=1S/C22H32N4O2S/c1-15-10-22(19-18(5-8-28-22)9-16(2)29-19)6-7-26(15)13-17-11-23-20(24-12-17)25-21(3,4)14-27/h9,11-12,15,27H,5-8,10,13-14H2,1-4H3,(H,23,24,25)/t15-,22+/m0/s1. The fourth-order valence-electron chi connectivity index (χ4n) is 4.46. The highest BCUT2D eigenvalue weighted by Gasteiger charge is 2.44. The zero-order valence-corrected chi connectivity index (χ0v) is 18.7. The number of hydrogen-bond acceptors (Lipinski definition) is 7. The van der Waals surface area contributed by atoms with Crippen LogP contribution in [0.3, 0.4) is 0 Å². The topological polar surface area (TPSA) is 70.5 Å². The Hall–Kier alpha value is -1.54. The first-order valence-electron chi connectivity index (χ1n) is 10.5. The number of aromatic nitrogens is 2. The molecule has 0 amide bonds. The molecule has 6 nitrogen and oxygen atoms in total. The van der Waals surface area contributed by atoms with Crippen LogP contribution in [-0.4, -0.2) is 51.3 Å². The van der Waals surface area contributed by atoms with Gasteiger partial charge in [-0.15, -0.1) is 11.3 Å². The summed E-state index contributed by atoms with van der Waals surface area (Å²) in [5.41, 5.74) is 2.08. The third-order valence-electron chi connectivity index (χ3n) is 6.08. The van der Waals surface area contributed by atoms with Crippen LogP contribution < -0.4 is 5.32 Å². The van der Waals surface area contributed by atoms with Gasteiger partial charge in [0.25, 0.3) is 0 Å². The molecule has 0 aromatic carbocycles. The van der Waals surface area contributed by atoms with Gasteiger partial charge in [0.2, 0.25) is 5.95 Å². The first-order valence-corrected chi connectivity index (χ1v) is 11.3. The third kappa shape index (κ3) is 4.33. The molecule has 1 saturated heterocycles. The largest absolute Gasteiger partial charge is 0.394 e. The Labute approximate surface area is 177 Å². The van der Waals surface area contributed by atoms with Crippen molar-refractivity contribution < 1.29 is 9.84 Å². The van der Waals surface area contributed by atoms with Crippen molar-refractivity contribution in [3.05, 3.63) is 39.3 Å². The van der Waals surface area contributed by atoms with Crippen molar-refractivity contribution >= 4 is 17.3 Å². The SMILES string of the molecule is Cc1cc2c(s1)[C@]1(CCN(Cc3cnc(NC(C)(C)CO)nc3)[C@@H](C)C1)OCC2. The van der Waals surface area contributed by atoms with E-state index >= 15 is 0 Å². The summed E-state index contributed by atoms with van der Waals surface area (Å²) >= 11 is 1.92. The van der Waals surface area contributed by atoms with Gasteiger partial charge in [-0.3, -0.25) is 4.90 Å². The molecule has 2 aromatic rings. The van der Waals surface area contributed by atoms with Crippen LogP contribution in [0.25, 0.3) is 0 Å². The first kappa shape index (κ1) is 20.7. The summed E-state index contributed by atoms with van der Waals surface area (Å²) < 4.78 is 6.42. The van der Waals surface area contributed by atoms with Gasteiger partial charge in [-0.05, 0) is 58.6 Å². The summed E-state index contributed by atoms with van der Waals surface area (Å²) in [6.07, 6.45) is 6.89. The number of rotatable bonds is 5. The number of anilines is 1. The Balaban J connectivity index is 1.41. The van der Waals surface area contributed by atoms with Crippen molar-refractivity contribution in [2.75, 3.05) is 25.1 Å². The molecule has 1 fully saturated rings. The van der Waals surface area contributed by atoms with E-state index in [0.29, 0.717) is 12.0 Å². The van der Waals surface area contributed by atoms with Gasteiger partial charge in [0.05, 0.1) is 18.8 Å². The Morgan fingerprint density at radius 3 is 2.83 bits per heavy atom. The van der Waals surface area contributed by atoms with Crippen LogP contribution in [0.5, 0.6) is 0 Å². The molecule has 7 heteroatoms. The number of likely N-dealkylation sites (tertiary alicyclic amines) is 1. The quantitative estimate of drug-likeness (QED) is 0.778. The fourth-order valence-corrected chi connectivity index (χ4v) is 5.71. The minimum atomic E-state index is -0.434. The molecule has 2 aromatic heterocycles. The molecule has 1 spiro atoms. The molecular formula is C22H32N4O2S. The molecule has 2 aliphatic heterocycles. The summed E-state index contributed by atoms with van der Waals surface area (Å²) in [5, 5.41) is 12.5. The molecule has 158 valence electrons. The smallest absolute Gasteiger partial charge is 0.223 e. The van der Waals surface area contributed by atoms with Crippen molar-refractivity contribution in [3.63, 3.8) is 0 Å². The monoisotopic (exact) mass is 416 g/mol. The van der Waals surface area contributed by atoms with E-state index in [1.807, 2.05) is 37.6 Å². The molecule has 2 atom stereocenters. The predicted octanol–water partition coefficient (Wildman–Crippen LogP) is 3.48. The molecule has 0 radical (unpaired) electrons. The van der Waals surface area contributed by atoms with E-state index in [1.165, 1.54) is 15.3 Å². The van der Waals surface area contributed by atoms with Gasteiger partial charge >= 0.3 is 0 Å². The van der Waals surface area contributed by atoms with Crippen LogP contribution in [0.1, 0.15) is 54.5 Å². The van der Waals surface area contributed by atoms with Gasteiger partial charge in [-0.2, -0.15) is 0 Å². The van der Waals surface area contributed by atoms with Gasteiger partial charge in [0.15, 0.2) is 0 Å². The van der Waals surface area contributed by atoms with E-state index in [2.05, 4.69) is 40.1 Å². The Morgan fingerprint density at radius 2 is 2.14 bits per heavy atom. The summed E-state index contributed by atoms with van der Waals surface area (Å²) in [7, 11) is 0. The number of hydrogen-bond donors (Lipinski definition) is 2. The van der Waals surface area contributed by atoms with Crippen molar-refractivity contribution in [2.24, 2.45) is 0 Å². The van der Waals surface area contributed by atoms with Crippen LogP contribution in [0.4, 0.5) is 5.95 Å². The van der Waals surface area contributed by atoms with Crippen LogP contribution in [-0.2, 0) is 23.3 Å². The summed E-state index contributed by atoms with van der Waals surface area (Å²) in [6.45, 7) is 11.1. The minimum absolute atomic E-state index is 0.0265. The van der Waals surface area contributed by atoms with Crippen LogP contribution in [0.15, 0.2) is 18.5 Å².